The first-order valence-corrected chi connectivity index (χ1v) is 9.68. The Bertz CT molecular complexity index is 899. The lowest BCUT2D eigenvalue weighted by Gasteiger charge is -2.17. The molecule has 3 rings (SSSR count). The van der Waals surface area contributed by atoms with E-state index in [9.17, 15) is 19.5 Å². The van der Waals surface area contributed by atoms with Gasteiger partial charge in [-0.05, 0) is 29.2 Å². The van der Waals surface area contributed by atoms with Gasteiger partial charge in [0, 0.05) is 18.9 Å². The van der Waals surface area contributed by atoms with Crippen molar-refractivity contribution in [1.29, 1.82) is 0 Å². The summed E-state index contributed by atoms with van der Waals surface area (Å²) in [6.07, 6.45) is -2.39. The fourth-order valence-electron chi connectivity index (χ4n) is 3.49. The molecule has 0 radical (unpaired) electrons. The molecule has 0 aliphatic heterocycles. The third kappa shape index (κ3) is 4.77. The molecular weight excluding hydrogens is 388 g/mol. The van der Waals surface area contributed by atoms with Crippen molar-refractivity contribution < 1.29 is 29.3 Å². The van der Waals surface area contributed by atoms with Crippen molar-refractivity contribution >= 4 is 18.0 Å². The van der Waals surface area contributed by atoms with Crippen LogP contribution in [0.4, 0.5) is 4.79 Å². The van der Waals surface area contributed by atoms with Crippen LogP contribution in [0.15, 0.2) is 48.5 Å². The number of hydrogen-bond donors (Lipinski definition) is 4. The van der Waals surface area contributed by atoms with Gasteiger partial charge in [-0.2, -0.15) is 0 Å². The van der Waals surface area contributed by atoms with Gasteiger partial charge >= 0.3 is 12.1 Å². The highest BCUT2D eigenvalue weighted by Gasteiger charge is 2.29. The number of carbonyl (C=O) groups excluding carboxylic acids is 2. The van der Waals surface area contributed by atoms with E-state index < -0.39 is 30.1 Å². The van der Waals surface area contributed by atoms with Crippen LogP contribution in [0.3, 0.4) is 0 Å². The molecule has 0 fully saturated rings. The Morgan fingerprint density at radius 2 is 1.60 bits per heavy atom. The number of carboxylic acids is 1. The molecule has 30 heavy (non-hydrogen) atoms. The van der Waals surface area contributed by atoms with E-state index in [4.69, 9.17) is 9.84 Å². The van der Waals surface area contributed by atoms with Crippen LogP contribution in [0, 0.1) is 0 Å². The average molecular weight is 412 g/mol. The van der Waals surface area contributed by atoms with Gasteiger partial charge in [0.1, 0.15) is 12.6 Å². The minimum atomic E-state index is -1.55. The van der Waals surface area contributed by atoms with Gasteiger partial charge in [0.05, 0.1) is 0 Å². The van der Waals surface area contributed by atoms with E-state index in [2.05, 4.69) is 10.6 Å². The van der Waals surface area contributed by atoms with Gasteiger partial charge in [0.25, 0.3) is 0 Å². The largest absolute Gasteiger partial charge is 0.479 e. The Hall–Kier alpha value is -3.39. The zero-order chi connectivity index (χ0) is 21.7. The number of nitrogens with one attached hydrogen (secondary N) is 2. The molecule has 8 nitrogen and oxygen atoms in total. The van der Waals surface area contributed by atoms with Crippen LogP contribution < -0.4 is 10.6 Å². The summed E-state index contributed by atoms with van der Waals surface area (Å²) in [5, 5.41) is 22.7. The monoisotopic (exact) mass is 412 g/mol. The van der Waals surface area contributed by atoms with Crippen molar-refractivity contribution in [3.63, 3.8) is 0 Å². The third-order valence-corrected chi connectivity index (χ3v) is 5.07. The van der Waals surface area contributed by atoms with E-state index in [1.54, 1.807) is 0 Å². The molecule has 8 heteroatoms. The van der Waals surface area contributed by atoms with Crippen LogP contribution >= 0.6 is 0 Å². The molecule has 2 aromatic rings. The van der Waals surface area contributed by atoms with E-state index in [-0.39, 0.29) is 25.5 Å². The molecule has 2 aromatic carbocycles. The summed E-state index contributed by atoms with van der Waals surface area (Å²) in [5.74, 6) is -1.93. The van der Waals surface area contributed by atoms with Gasteiger partial charge in [0.15, 0.2) is 6.10 Å². The molecular formula is C22H24N2O6. The fraction of sp³-hybridized carbons (Fsp3) is 0.318. The Balaban J connectivity index is 1.51. The Morgan fingerprint density at radius 3 is 2.17 bits per heavy atom. The van der Waals surface area contributed by atoms with E-state index in [0.717, 1.165) is 22.3 Å². The number of hydrogen-bond acceptors (Lipinski definition) is 5. The minimum Gasteiger partial charge on any atom is -0.479 e. The second-order valence-corrected chi connectivity index (χ2v) is 7.13. The zero-order valence-electron chi connectivity index (χ0n) is 16.5. The van der Waals surface area contributed by atoms with E-state index in [1.807, 2.05) is 48.5 Å². The summed E-state index contributed by atoms with van der Waals surface area (Å²) in [5.41, 5.74) is 4.43. The number of carboxylic acid groups (broad SMARTS) is 1. The first kappa shape index (κ1) is 21.3. The first-order valence-electron chi connectivity index (χ1n) is 9.68. The zero-order valence-corrected chi connectivity index (χ0v) is 16.5. The molecule has 4 N–H and O–H groups in total. The second kappa shape index (κ2) is 9.41. The Morgan fingerprint density at radius 1 is 1.03 bits per heavy atom. The minimum absolute atomic E-state index is 0.0248. The number of carbonyl (C=O) groups is 3. The van der Waals surface area contributed by atoms with Crippen LogP contribution in [0.5, 0.6) is 0 Å². The van der Waals surface area contributed by atoms with Crippen molar-refractivity contribution in [3.8, 4) is 11.1 Å². The third-order valence-electron chi connectivity index (χ3n) is 5.07. The topological polar surface area (TPSA) is 125 Å². The summed E-state index contributed by atoms with van der Waals surface area (Å²) in [6, 6.07) is 15.1. The van der Waals surface area contributed by atoms with Gasteiger partial charge < -0.3 is 25.6 Å². The van der Waals surface area contributed by atoms with Crippen molar-refractivity contribution in [1.82, 2.24) is 10.6 Å². The smallest absolute Gasteiger partial charge is 0.407 e. The summed E-state index contributed by atoms with van der Waals surface area (Å²) in [7, 11) is 0. The quantitative estimate of drug-likeness (QED) is 0.525. The molecule has 2 atom stereocenters. The number of rotatable bonds is 8. The number of alkyl carbamates (subject to hydrolysis) is 1. The number of ether oxygens (including phenoxy) is 1. The Labute approximate surface area is 173 Å². The van der Waals surface area contributed by atoms with Crippen molar-refractivity contribution in [3.05, 3.63) is 59.7 Å². The van der Waals surface area contributed by atoms with Crippen LogP contribution in [0.2, 0.25) is 0 Å². The molecule has 2 amide bonds. The highest BCUT2D eigenvalue weighted by molar-refractivity contribution is 5.85. The van der Waals surface area contributed by atoms with Gasteiger partial charge in [-0.25, -0.2) is 9.59 Å². The standard InChI is InChI=1S/C22H24N2O6/c1-13(20(26)23-11-10-19(25)21(27)28)24-22(29)30-12-18-16-8-4-2-6-14(16)15-7-3-5-9-17(15)18/h2-9,13,18-19,25H,10-12H2,1H3,(H,23,26)(H,24,29)(H,27,28)/t13-,19-/m0/s1. The van der Waals surface area contributed by atoms with Crippen LogP contribution in [-0.2, 0) is 14.3 Å². The maximum absolute atomic E-state index is 12.2. The fourth-order valence-corrected chi connectivity index (χ4v) is 3.49. The Kier molecular flexibility index (Phi) is 6.68. The summed E-state index contributed by atoms with van der Waals surface area (Å²) in [6.45, 7) is 1.60. The maximum Gasteiger partial charge on any atom is 0.407 e. The predicted molar refractivity (Wildman–Crippen MR) is 109 cm³/mol. The van der Waals surface area contributed by atoms with Gasteiger partial charge in [0.2, 0.25) is 5.91 Å². The molecule has 0 heterocycles. The van der Waals surface area contributed by atoms with E-state index in [1.165, 1.54) is 6.92 Å². The highest BCUT2D eigenvalue weighted by Crippen LogP contribution is 2.44. The molecule has 1 aliphatic rings. The molecule has 1 aliphatic carbocycles. The SMILES string of the molecule is C[C@H](NC(=O)OCC1c2ccccc2-c2ccccc21)C(=O)NCC[C@H](O)C(=O)O. The van der Waals surface area contributed by atoms with Gasteiger partial charge in [-0.15, -0.1) is 0 Å². The lowest BCUT2D eigenvalue weighted by atomic mass is 9.98. The normalized spacial score (nSPS) is 14.2. The van der Waals surface area contributed by atoms with Crippen LogP contribution in [-0.4, -0.2) is 53.5 Å². The average Bonchev–Trinajstić information content (AvgIpc) is 3.05. The van der Waals surface area contributed by atoms with Crippen molar-refractivity contribution in [2.24, 2.45) is 0 Å². The molecule has 0 saturated carbocycles. The number of aliphatic hydroxyl groups is 1. The highest BCUT2D eigenvalue weighted by atomic mass is 16.5. The molecule has 0 saturated heterocycles. The number of aliphatic carboxylic acids is 1. The van der Waals surface area contributed by atoms with Crippen LogP contribution in [0.1, 0.15) is 30.4 Å². The van der Waals surface area contributed by atoms with Crippen molar-refractivity contribution in [2.75, 3.05) is 13.2 Å². The molecule has 0 bridgehead atoms. The predicted octanol–water partition coefficient (Wildman–Crippen LogP) is 1.87. The summed E-state index contributed by atoms with van der Waals surface area (Å²) < 4.78 is 5.39. The number of aliphatic hydroxyl groups excluding tert-OH is 1. The lowest BCUT2D eigenvalue weighted by Crippen LogP contribution is -2.46. The molecule has 0 unspecified atom stereocenters. The summed E-state index contributed by atoms with van der Waals surface area (Å²) in [4.78, 5) is 34.7. The first-order chi connectivity index (χ1) is 14.4. The van der Waals surface area contributed by atoms with Gasteiger partial charge in [-0.3, -0.25) is 4.79 Å². The number of benzene rings is 2. The van der Waals surface area contributed by atoms with Gasteiger partial charge in [-0.1, -0.05) is 48.5 Å². The van der Waals surface area contributed by atoms with Crippen LogP contribution in [0.25, 0.3) is 11.1 Å². The van der Waals surface area contributed by atoms with E-state index in [0.29, 0.717) is 0 Å². The second-order valence-electron chi connectivity index (χ2n) is 7.13. The van der Waals surface area contributed by atoms with Crippen molar-refractivity contribution in [2.45, 2.75) is 31.4 Å². The molecule has 0 aromatic heterocycles. The lowest BCUT2D eigenvalue weighted by molar-refractivity contribution is -0.147. The summed E-state index contributed by atoms with van der Waals surface area (Å²) >= 11 is 0. The van der Waals surface area contributed by atoms with E-state index >= 15 is 0 Å². The number of fused-ring (bicyclic) bond motifs is 3. The molecule has 0 spiro atoms. The number of amides is 2. The molecule has 158 valence electrons. The maximum atomic E-state index is 12.2.